The Morgan fingerprint density at radius 3 is 1.97 bits per heavy atom. The Labute approximate surface area is 175 Å². The zero-order chi connectivity index (χ0) is 20.8. The Balaban J connectivity index is 2.10. The Hall–Kier alpha value is -3.32. The molecule has 0 aliphatic carbocycles. The molecule has 3 rings (SSSR count). The summed E-state index contributed by atoms with van der Waals surface area (Å²) in [6.45, 7) is 14.7. The second kappa shape index (κ2) is 9.25. The first kappa shape index (κ1) is 20.4. The quantitative estimate of drug-likeness (QED) is 0.406. The van der Waals surface area contributed by atoms with Gasteiger partial charge in [-0.05, 0) is 54.7 Å². The molecule has 0 saturated heterocycles. The second-order valence-electron chi connectivity index (χ2n) is 7.17. The lowest BCUT2D eigenvalue weighted by molar-refractivity contribution is 1.14. The maximum absolute atomic E-state index is 4.47. The van der Waals surface area contributed by atoms with Gasteiger partial charge in [0.2, 0.25) is 0 Å². The van der Waals surface area contributed by atoms with Crippen molar-refractivity contribution >= 4 is 23.2 Å². The number of nitrogens with zero attached hydrogens (tertiary/aromatic N) is 1. The average Bonchev–Trinajstić information content (AvgIpc) is 2.78. The van der Waals surface area contributed by atoms with Crippen LogP contribution in [0, 0.1) is 6.92 Å². The van der Waals surface area contributed by atoms with E-state index in [0.717, 1.165) is 40.2 Å². The van der Waals surface area contributed by atoms with Crippen molar-refractivity contribution in [3.05, 3.63) is 120 Å². The van der Waals surface area contributed by atoms with Gasteiger partial charge in [-0.15, -0.1) is 0 Å². The van der Waals surface area contributed by atoms with Crippen LogP contribution in [-0.2, 0) is 6.42 Å². The number of hydrogen-bond acceptors (Lipinski definition) is 1. The van der Waals surface area contributed by atoms with Gasteiger partial charge >= 0.3 is 0 Å². The molecule has 0 unspecified atom stereocenters. The van der Waals surface area contributed by atoms with Gasteiger partial charge in [0.1, 0.15) is 0 Å². The molecular formula is C28H29N. The van der Waals surface area contributed by atoms with Crippen LogP contribution in [0.5, 0.6) is 0 Å². The monoisotopic (exact) mass is 379 g/mol. The Kier molecular flexibility index (Phi) is 6.51. The molecule has 0 N–H and O–H groups in total. The van der Waals surface area contributed by atoms with Gasteiger partial charge < -0.3 is 4.90 Å². The van der Waals surface area contributed by atoms with Gasteiger partial charge in [-0.1, -0.05) is 98.5 Å². The molecule has 0 aliphatic heterocycles. The van der Waals surface area contributed by atoms with Gasteiger partial charge in [-0.2, -0.15) is 0 Å². The van der Waals surface area contributed by atoms with Crippen LogP contribution in [0.4, 0.5) is 5.69 Å². The van der Waals surface area contributed by atoms with Crippen molar-refractivity contribution < 1.29 is 0 Å². The summed E-state index contributed by atoms with van der Waals surface area (Å²) >= 11 is 0. The molecule has 0 aromatic heterocycles. The highest BCUT2D eigenvalue weighted by molar-refractivity contribution is 5.94. The number of anilines is 1. The fourth-order valence-electron chi connectivity index (χ4n) is 3.41. The van der Waals surface area contributed by atoms with Crippen molar-refractivity contribution in [2.24, 2.45) is 0 Å². The minimum absolute atomic E-state index is 0.954. The predicted octanol–water partition coefficient (Wildman–Crippen LogP) is 7.74. The fourth-order valence-corrected chi connectivity index (χ4v) is 3.41. The van der Waals surface area contributed by atoms with Crippen LogP contribution in [0.25, 0.3) is 17.5 Å². The molecule has 146 valence electrons. The lowest BCUT2D eigenvalue weighted by Crippen LogP contribution is -2.19. The third-order valence-corrected chi connectivity index (χ3v) is 5.21. The summed E-state index contributed by atoms with van der Waals surface area (Å²) in [5, 5.41) is 0. The van der Waals surface area contributed by atoms with Gasteiger partial charge in [0.05, 0.1) is 0 Å². The summed E-state index contributed by atoms with van der Waals surface area (Å²) in [6.07, 6.45) is 5.04. The summed E-state index contributed by atoms with van der Waals surface area (Å²) < 4.78 is 0. The first-order chi connectivity index (χ1) is 14.1. The van der Waals surface area contributed by atoms with E-state index < -0.39 is 0 Å². The van der Waals surface area contributed by atoms with Crippen LogP contribution in [0.2, 0.25) is 0 Å². The van der Waals surface area contributed by atoms with E-state index in [9.17, 15) is 0 Å². The molecule has 0 saturated carbocycles. The van der Waals surface area contributed by atoms with Gasteiger partial charge in [-0.25, -0.2) is 0 Å². The Morgan fingerprint density at radius 2 is 1.45 bits per heavy atom. The first-order valence-electron chi connectivity index (χ1n) is 10.1. The van der Waals surface area contributed by atoms with Crippen molar-refractivity contribution in [3.8, 4) is 0 Å². The van der Waals surface area contributed by atoms with Crippen LogP contribution in [0.1, 0.15) is 41.7 Å². The van der Waals surface area contributed by atoms with E-state index in [2.05, 4.69) is 118 Å². The lowest BCUT2D eigenvalue weighted by Gasteiger charge is -2.30. The fraction of sp³-hybridized carbons (Fsp3) is 0.143. The van der Waals surface area contributed by atoms with Crippen molar-refractivity contribution in [2.45, 2.75) is 27.2 Å². The molecule has 0 heterocycles. The molecule has 1 heteroatoms. The standard InChI is InChI=1S/C28H29N/c1-6-23-11-17-26(18-12-23)28(8-3)29(27-19-13-24(7-2)14-20-27)22(5)25-15-9-21(4)10-16-25/h6,8-20H,1,5,7H2,2-4H3/b28-8-. The first-order valence-corrected chi connectivity index (χ1v) is 10.1. The van der Waals surface area contributed by atoms with Crippen LogP contribution in [0.15, 0.2) is 92.0 Å². The van der Waals surface area contributed by atoms with Gasteiger partial charge in [-0.3, -0.25) is 0 Å². The van der Waals surface area contributed by atoms with Gasteiger partial charge in [0.15, 0.2) is 0 Å². The van der Waals surface area contributed by atoms with Crippen molar-refractivity contribution in [1.82, 2.24) is 0 Å². The Bertz CT molecular complexity index is 1000. The van der Waals surface area contributed by atoms with Crippen molar-refractivity contribution in [2.75, 3.05) is 4.90 Å². The number of allylic oxidation sites excluding steroid dienone is 1. The molecule has 0 amide bonds. The van der Waals surface area contributed by atoms with E-state index in [1.807, 2.05) is 6.08 Å². The zero-order valence-corrected chi connectivity index (χ0v) is 17.7. The maximum atomic E-state index is 4.47. The molecule has 3 aromatic carbocycles. The van der Waals surface area contributed by atoms with E-state index in [4.69, 9.17) is 0 Å². The van der Waals surface area contributed by atoms with E-state index >= 15 is 0 Å². The minimum atomic E-state index is 0.954. The third-order valence-electron chi connectivity index (χ3n) is 5.21. The molecule has 0 bridgehead atoms. The van der Waals surface area contributed by atoms with Crippen LogP contribution in [-0.4, -0.2) is 0 Å². The van der Waals surface area contributed by atoms with Crippen molar-refractivity contribution in [3.63, 3.8) is 0 Å². The predicted molar refractivity (Wildman–Crippen MR) is 129 cm³/mol. The highest BCUT2D eigenvalue weighted by Crippen LogP contribution is 2.34. The second-order valence-corrected chi connectivity index (χ2v) is 7.17. The van der Waals surface area contributed by atoms with Crippen LogP contribution < -0.4 is 4.90 Å². The summed E-state index contributed by atoms with van der Waals surface area (Å²) in [6, 6.07) is 25.8. The topological polar surface area (TPSA) is 3.24 Å². The minimum Gasteiger partial charge on any atom is -0.310 e. The molecule has 0 atom stereocenters. The lowest BCUT2D eigenvalue weighted by atomic mass is 10.0. The average molecular weight is 380 g/mol. The summed E-state index contributed by atoms with van der Waals surface area (Å²) in [4.78, 5) is 2.24. The Morgan fingerprint density at radius 1 is 0.862 bits per heavy atom. The normalized spacial score (nSPS) is 11.2. The molecule has 0 spiro atoms. The van der Waals surface area contributed by atoms with E-state index in [1.165, 1.54) is 11.1 Å². The molecule has 3 aromatic rings. The summed E-state index contributed by atoms with van der Waals surface area (Å²) in [5.41, 5.74) is 9.10. The molecular weight excluding hydrogens is 350 g/mol. The molecule has 0 fully saturated rings. The van der Waals surface area contributed by atoms with Gasteiger partial charge in [0, 0.05) is 17.1 Å². The number of hydrogen-bond donors (Lipinski definition) is 0. The SMILES string of the molecule is C=Cc1ccc(/C(=C/C)N(C(=C)c2ccc(C)cc2)c2ccc(CC)cc2)cc1. The van der Waals surface area contributed by atoms with Crippen LogP contribution in [0.3, 0.4) is 0 Å². The highest BCUT2D eigenvalue weighted by Gasteiger charge is 2.18. The molecule has 0 radical (unpaired) electrons. The van der Waals surface area contributed by atoms with E-state index in [-0.39, 0.29) is 0 Å². The largest absolute Gasteiger partial charge is 0.310 e. The zero-order valence-electron chi connectivity index (χ0n) is 17.7. The number of aryl methyl sites for hydroxylation is 2. The molecule has 0 aliphatic rings. The van der Waals surface area contributed by atoms with E-state index in [1.54, 1.807) is 0 Å². The van der Waals surface area contributed by atoms with Crippen LogP contribution >= 0.6 is 0 Å². The maximum Gasteiger partial charge on any atom is 0.0491 e. The smallest absolute Gasteiger partial charge is 0.0491 e. The van der Waals surface area contributed by atoms with E-state index in [0.29, 0.717) is 0 Å². The molecule has 1 nitrogen and oxygen atoms in total. The summed E-state index contributed by atoms with van der Waals surface area (Å²) in [5.74, 6) is 0. The molecule has 29 heavy (non-hydrogen) atoms. The van der Waals surface area contributed by atoms with Gasteiger partial charge in [0.25, 0.3) is 0 Å². The third kappa shape index (κ3) is 4.57. The summed E-state index contributed by atoms with van der Waals surface area (Å²) in [7, 11) is 0. The van der Waals surface area contributed by atoms with Crippen molar-refractivity contribution in [1.29, 1.82) is 0 Å². The number of benzene rings is 3. The highest BCUT2D eigenvalue weighted by atomic mass is 15.2. The number of rotatable bonds is 7.